The van der Waals surface area contributed by atoms with Crippen molar-refractivity contribution < 1.29 is 14.1 Å². The molecule has 1 aromatic carbocycles. The summed E-state index contributed by atoms with van der Waals surface area (Å²) in [7, 11) is 1.67. The van der Waals surface area contributed by atoms with Gasteiger partial charge in [-0.1, -0.05) is 23.4 Å². The van der Waals surface area contributed by atoms with Crippen molar-refractivity contribution in [3.05, 3.63) is 41.7 Å². The molecule has 1 fully saturated rings. The molecule has 2 aromatic rings. The maximum absolute atomic E-state index is 12.3. The van der Waals surface area contributed by atoms with Crippen LogP contribution in [0.25, 0.3) is 0 Å². The summed E-state index contributed by atoms with van der Waals surface area (Å²) < 4.78 is 10.4. The van der Waals surface area contributed by atoms with E-state index in [1.165, 1.54) is 0 Å². The SMILES string of the molecule is COc1ccccc1C1CNCCN1CC(=O)Nc1cc(C)on1.Cl. The minimum atomic E-state index is -0.106. The highest BCUT2D eigenvalue weighted by atomic mass is 35.5. The molecule has 1 aromatic heterocycles. The monoisotopic (exact) mass is 366 g/mol. The van der Waals surface area contributed by atoms with Gasteiger partial charge in [0.05, 0.1) is 19.7 Å². The number of benzene rings is 1. The molecule has 1 amide bonds. The number of carbonyl (C=O) groups excluding carboxylic acids is 1. The predicted molar refractivity (Wildman–Crippen MR) is 97.3 cm³/mol. The van der Waals surface area contributed by atoms with E-state index < -0.39 is 0 Å². The van der Waals surface area contributed by atoms with E-state index in [1.807, 2.05) is 24.3 Å². The van der Waals surface area contributed by atoms with Crippen LogP contribution in [0.1, 0.15) is 17.4 Å². The second-order valence-corrected chi connectivity index (χ2v) is 5.80. The van der Waals surface area contributed by atoms with Crippen molar-refractivity contribution in [1.82, 2.24) is 15.4 Å². The van der Waals surface area contributed by atoms with E-state index in [2.05, 4.69) is 20.7 Å². The Kier molecular flexibility index (Phi) is 6.81. The van der Waals surface area contributed by atoms with E-state index >= 15 is 0 Å². The second-order valence-electron chi connectivity index (χ2n) is 5.80. The lowest BCUT2D eigenvalue weighted by Gasteiger charge is -2.36. The number of amides is 1. The number of halogens is 1. The van der Waals surface area contributed by atoms with Crippen LogP contribution in [0.3, 0.4) is 0 Å². The first kappa shape index (κ1) is 19.2. The number of ether oxygens (including phenoxy) is 1. The number of carbonyl (C=O) groups is 1. The molecule has 1 aliphatic rings. The first-order valence-electron chi connectivity index (χ1n) is 7.98. The van der Waals surface area contributed by atoms with Crippen molar-refractivity contribution in [2.45, 2.75) is 13.0 Å². The Hall–Kier alpha value is -2.09. The number of rotatable bonds is 5. The molecule has 0 spiro atoms. The summed E-state index contributed by atoms with van der Waals surface area (Å²) in [5.41, 5.74) is 1.08. The van der Waals surface area contributed by atoms with Crippen LogP contribution in [-0.4, -0.2) is 49.3 Å². The van der Waals surface area contributed by atoms with Gasteiger partial charge in [-0.15, -0.1) is 12.4 Å². The largest absolute Gasteiger partial charge is 0.496 e. The third-order valence-corrected chi connectivity index (χ3v) is 4.09. The summed E-state index contributed by atoms with van der Waals surface area (Å²) in [5, 5.41) is 9.95. The summed E-state index contributed by atoms with van der Waals surface area (Å²) >= 11 is 0. The topological polar surface area (TPSA) is 79.6 Å². The van der Waals surface area contributed by atoms with Gasteiger partial charge in [0.25, 0.3) is 0 Å². The van der Waals surface area contributed by atoms with Crippen molar-refractivity contribution >= 4 is 24.1 Å². The average Bonchev–Trinajstić information content (AvgIpc) is 3.00. The molecule has 0 radical (unpaired) electrons. The third-order valence-electron chi connectivity index (χ3n) is 4.09. The molecular formula is C17H23ClN4O3. The average molecular weight is 367 g/mol. The molecule has 8 heteroatoms. The van der Waals surface area contributed by atoms with Crippen LogP contribution in [0.4, 0.5) is 5.82 Å². The number of aryl methyl sites for hydroxylation is 1. The number of methoxy groups -OCH3 is 1. The second kappa shape index (κ2) is 8.84. The van der Waals surface area contributed by atoms with Gasteiger partial charge in [-0.2, -0.15) is 0 Å². The standard InChI is InChI=1S/C17H22N4O3.ClH/c1-12-9-16(20-24-12)19-17(22)11-21-8-7-18-10-14(21)13-5-3-4-6-15(13)23-2;/h3-6,9,14,18H,7-8,10-11H2,1-2H3,(H,19,20,22);1H. The lowest BCUT2D eigenvalue weighted by atomic mass is 10.0. The maximum atomic E-state index is 12.3. The van der Waals surface area contributed by atoms with E-state index in [-0.39, 0.29) is 30.9 Å². The van der Waals surface area contributed by atoms with E-state index in [0.29, 0.717) is 11.6 Å². The number of hydrogen-bond donors (Lipinski definition) is 2. The van der Waals surface area contributed by atoms with Crippen molar-refractivity contribution in [3.63, 3.8) is 0 Å². The fraction of sp³-hybridized carbons (Fsp3) is 0.412. The number of aromatic nitrogens is 1. The summed E-state index contributed by atoms with van der Waals surface area (Å²) in [6.45, 7) is 4.49. The van der Waals surface area contributed by atoms with Crippen LogP contribution in [0, 0.1) is 6.92 Å². The number of para-hydroxylation sites is 1. The fourth-order valence-electron chi connectivity index (χ4n) is 2.98. The molecule has 2 heterocycles. The lowest BCUT2D eigenvalue weighted by molar-refractivity contribution is -0.118. The zero-order valence-corrected chi connectivity index (χ0v) is 15.1. The Morgan fingerprint density at radius 3 is 3.00 bits per heavy atom. The van der Waals surface area contributed by atoms with Gasteiger partial charge < -0.3 is 19.9 Å². The molecule has 1 atom stereocenters. The van der Waals surface area contributed by atoms with Crippen LogP contribution in [-0.2, 0) is 4.79 Å². The molecule has 1 unspecified atom stereocenters. The van der Waals surface area contributed by atoms with E-state index in [0.717, 1.165) is 30.9 Å². The third kappa shape index (κ3) is 4.72. The smallest absolute Gasteiger partial charge is 0.239 e. The molecule has 136 valence electrons. The zero-order valence-electron chi connectivity index (χ0n) is 14.3. The van der Waals surface area contributed by atoms with Gasteiger partial charge >= 0.3 is 0 Å². The predicted octanol–water partition coefficient (Wildman–Crippen LogP) is 2.00. The highest BCUT2D eigenvalue weighted by Gasteiger charge is 2.27. The van der Waals surface area contributed by atoms with Gasteiger partial charge in [-0.3, -0.25) is 9.69 Å². The molecule has 0 bridgehead atoms. The van der Waals surface area contributed by atoms with E-state index in [1.54, 1.807) is 20.1 Å². The quantitative estimate of drug-likeness (QED) is 0.842. The van der Waals surface area contributed by atoms with Gasteiger partial charge in [0, 0.05) is 31.3 Å². The number of nitrogens with one attached hydrogen (secondary N) is 2. The van der Waals surface area contributed by atoms with Crippen molar-refractivity contribution in [1.29, 1.82) is 0 Å². The number of anilines is 1. The molecule has 25 heavy (non-hydrogen) atoms. The fourth-order valence-corrected chi connectivity index (χ4v) is 2.98. The Morgan fingerprint density at radius 2 is 2.28 bits per heavy atom. The van der Waals surface area contributed by atoms with Gasteiger partial charge in [0.2, 0.25) is 5.91 Å². The number of hydrogen-bond acceptors (Lipinski definition) is 6. The summed E-state index contributed by atoms with van der Waals surface area (Å²) in [6.07, 6.45) is 0. The Bertz CT molecular complexity index is 707. The Morgan fingerprint density at radius 1 is 1.48 bits per heavy atom. The molecular weight excluding hydrogens is 344 g/mol. The van der Waals surface area contributed by atoms with Crippen LogP contribution in [0.5, 0.6) is 5.75 Å². The van der Waals surface area contributed by atoms with Gasteiger partial charge in [-0.05, 0) is 13.0 Å². The lowest BCUT2D eigenvalue weighted by Crippen LogP contribution is -2.48. The van der Waals surface area contributed by atoms with Crippen LogP contribution in [0.15, 0.2) is 34.9 Å². The van der Waals surface area contributed by atoms with E-state index in [9.17, 15) is 4.79 Å². The molecule has 7 nitrogen and oxygen atoms in total. The summed E-state index contributed by atoms with van der Waals surface area (Å²) in [4.78, 5) is 14.5. The summed E-state index contributed by atoms with van der Waals surface area (Å²) in [6, 6.07) is 9.71. The Labute approximate surface area is 153 Å². The normalized spacial score (nSPS) is 17.6. The van der Waals surface area contributed by atoms with Crippen molar-refractivity contribution in [3.8, 4) is 5.75 Å². The van der Waals surface area contributed by atoms with Crippen LogP contribution < -0.4 is 15.4 Å². The van der Waals surface area contributed by atoms with Crippen molar-refractivity contribution in [2.75, 3.05) is 38.6 Å². The van der Waals surface area contributed by atoms with Gasteiger partial charge in [0.1, 0.15) is 11.5 Å². The van der Waals surface area contributed by atoms with Gasteiger partial charge in [0.15, 0.2) is 5.82 Å². The molecule has 1 saturated heterocycles. The molecule has 1 aliphatic heterocycles. The van der Waals surface area contributed by atoms with Crippen molar-refractivity contribution in [2.24, 2.45) is 0 Å². The molecule has 0 aliphatic carbocycles. The minimum absolute atomic E-state index is 0. The minimum Gasteiger partial charge on any atom is -0.496 e. The Balaban J connectivity index is 0.00000225. The first-order valence-corrected chi connectivity index (χ1v) is 7.98. The highest BCUT2D eigenvalue weighted by molar-refractivity contribution is 5.91. The van der Waals surface area contributed by atoms with Crippen LogP contribution >= 0.6 is 12.4 Å². The number of piperazine rings is 1. The summed E-state index contributed by atoms with van der Waals surface area (Å²) in [5.74, 6) is 1.84. The first-order chi connectivity index (χ1) is 11.7. The van der Waals surface area contributed by atoms with Gasteiger partial charge in [-0.25, -0.2) is 0 Å². The molecule has 3 rings (SSSR count). The maximum Gasteiger partial charge on any atom is 0.239 e. The number of nitrogens with zero attached hydrogens (tertiary/aromatic N) is 2. The molecule has 0 saturated carbocycles. The highest BCUT2D eigenvalue weighted by Crippen LogP contribution is 2.29. The van der Waals surface area contributed by atoms with Crippen LogP contribution in [0.2, 0.25) is 0 Å². The zero-order chi connectivity index (χ0) is 16.9. The van der Waals surface area contributed by atoms with E-state index in [4.69, 9.17) is 9.26 Å². The molecule has 2 N–H and O–H groups in total.